The van der Waals surface area contributed by atoms with Crippen molar-refractivity contribution in [2.45, 2.75) is 75.5 Å². The Morgan fingerprint density at radius 2 is 2.08 bits per heavy atom. The Morgan fingerprint density at radius 3 is 2.72 bits per heavy atom. The summed E-state index contributed by atoms with van der Waals surface area (Å²) in [5.41, 5.74) is -2.30. The van der Waals surface area contributed by atoms with Gasteiger partial charge in [0.2, 0.25) is 11.4 Å². The van der Waals surface area contributed by atoms with E-state index in [9.17, 15) is 14.7 Å². The van der Waals surface area contributed by atoms with E-state index in [0.29, 0.717) is 6.42 Å². The van der Waals surface area contributed by atoms with Crippen LogP contribution in [0.3, 0.4) is 0 Å². The SMILES string of the molecule is CC12OC(=O)C1(C(O)C1C=CCCC1)NC(=O)C2CCCCCCO. The second kappa shape index (κ2) is 7.08. The van der Waals surface area contributed by atoms with Gasteiger partial charge >= 0.3 is 5.97 Å². The highest BCUT2D eigenvalue weighted by Gasteiger charge is 2.79. The smallest absolute Gasteiger partial charge is 0.339 e. The third-order valence-corrected chi connectivity index (χ3v) is 6.25. The molecule has 5 atom stereocenters. The predicted molar refractivity (Wildman–Crippen MR) is 91.5 cm³/mol. The lowest BCUT2D eigenvalue weighted by atomic mass is 9.64. The molecule has 3 N–H and O–H groups in total. The van der Waals surface area contributed by atoms with Gasteiger partial charge in [0.15, 0.2) is 5.60 Å². The minimum atomic E-state index is -1.31. The highest BCUT2D eigenvalue weighted by atomic mass is 16.6. The van der Waals surface area contributed by atoms with Crippen LogP contribution in [0.2, 0.25) is 0 Å². The zero-order valence-electron chi connectivity index (χ0n) is 14.9. The first-order valence-corrected chi connectivity index (χ1v) is 9.48. The van der Waals surface area contributed by atoms with Gasteiger partial charge in [0, 0.05) is 12.5 Å². The highest BCUT2D eigenvalue weighted by molar-refractivity contribution is 6.01. The minimum Gasteiger partial charge on any atom is -0.453 e. The summed E-state index contributed by atoms with van der Waals surface area (Å²) in [6.07, 6.45) is 9.87. The molecule has 3 rings (SSSR count). The van der Waals surface area contributed by atoms with Crippen LogP contribution in [0.1, 0.15) is 58.3 Å². The monoisotopic (exact) mass is 351 g/mol. The molecule has 140 valence electrons. The van der Waals surface area contributed by atoms with Gasteiger partial charge in [0.25, 0.3) is 0 Å². The molecule has 2 saturated heterocycles. The summed E-state index contributed by atoms with van der Waals surface area (Å²) in [5, 5.41) is 22.6. The van der Waals surface area contributed by atoms with Gasteiger partial charge in [-0.25, -0.2) is 4.79 Å². The van der Waals surface area contributed by atoms with E-state index in [4.69, 9.17) is 9.84 Å². The number of allylic oxidation sites excluding steroid dienone is 1. The summed E-state index contributed by atoms with van der Waals surface area (Å²) in [6, 6.07) is 0. The fourth-order valence-corrected chi connectivity index (χ4v) is 4.69. The summed E-state index contributed by atoms with van der Waals surface area (Å²) in [4.78, 5) is 25.0. The lowest BCUT2D eigenvalue weighted by Gasteiger charge is -2.54. The molecule has 0 aromatic rings. The number of nitrogens with one attached hydrogen (secondary N) is 1. The van der Waals surface area contributed by atoms with Crippen LogP contribution in [-0.4, -0.2) is 45.9 Å². The molecule has 6 nitrogen and oxygen atoms in total. The minimum absolute atomic E-state index is 0.135. The molecule has 0 aromatic carbocycles. The number of ether oxygens (including phenoxy) is 1. The maximum atomic E-state index is 12.6. The molecule has 0 spiro atoms. The number of fused-ring (bicyclic) bond motifs is 1. The standard InChI is InChI=1S/C19H29NO5/c1-18-14(11-7-2-3-8-12-21)16(23)20-19(18,17(24)25-18)15(22)13-9-5-4-6-10-13/h5,9,13-15,21-22H,2-4,6-8,10-12H2,1H3,(H,20,23). The average Bonchev–Trinajstić information content (AvgIpc) is 2.79. The molecular formula is C19H29NO5. The summed E-state index contributed by atoms with van der Waals surface area (Å²) < 4.78 is 5.48. The van der Waals surface area contributed by atoms with E-state index in [1.54, 1.807) is 6.92 Å². The van der Waals surface area contributed by atoms with E-state index in [2.05, 4.69) is 5.32 Å². The van der Waals surface area contributed by atoms with E-state index in [0.717, 1.165) is 44.9 Å². The Kier molecular flexibility index (Phi) is 5.21. The lowest BCUT2D eigenvalue weighted by molar-refractivity contribution is -0.238. The molecule has 1 aliphatic carbocycles. The number of carbonyl (C=O) groups is 2. The van der Waals surface area contributed by atoms with E-state index in [1.807, 2.05) is 12.2 Å². The summed E-state index contributed by atoms with van der Waals surface area (Å²) in [7, 11) is 0. The van der Waals surface area contributed by atoms with Gasteiger partial charge < -0.3 is 20.3 Å². The molecule has 3 aliphatic rings. The van der Waals surface area contributed by atoms with E-state index >= 15 is 0 Å². The molecule has 25 heavy (non-hydrogen) atoms. The number of hydrogen-bond donors (Lipinski definition) is 3. The zero-order chi connectivity index (χ0) is 18.1. The molecule has 0 aromatic heterocycles. The molecule has 2 heterocycles. The number of aliphatic hydroxyl groups is 2. The molecule has 6 heteroatoms. The van der Waals surface area contributed by atoms with Gasteiger partial charge in [0.1, 0.15) is 0 Å². The molecule has 0 radical (unpaired) electrons. The number of hydrogen-bond acceptors (Lipinski definition) is 5. The van der Waals surface area contributed by atoms with Crippen molar-refractivity contribution in [3.05, 3.63) is 12.2 Å². The Hall–Kier alpha value is -1.40. The van der Waals surface area contributed by atoms with Crippen molar-refractivity contribution in [2.75, 3.05) is 6.61 Å². The van der Waals surface area contributed by atoms with Crippen molar-refractivity contribution in [2.24, 2.45) is 11.8 Å². The number of rotatable bonds is 8. The fourth-order valence-electron chi connectivity index (χ4n) is 4.69. The topological polar surface area (TPSA) is 95.9 Å². The van der Waals surface area contributed by atoms with Crippen LogP contribution in [0.25, 0.3) is 0 Å². The van der Waals surface area contributed by atoms with Crippen LogP contribution in [-0.2, 0) is 14.3 Å². The first-order valence-electron chi connectivity index (χ1n) is 9.48. The molecular weight excluding hydrogens is 322 g/mol. The zero-order valence-corrected chi connectivity index (χ0v) is 14.9. The molecule has 0 saturated carbocycles. The predicted octanol–water partition coefficient (Wildman–Crippen LogP) is 1.45. The number of unbranched alkanes of at least 4 members (excludes halogenated alkanes) is 3. The van der Waals surface area contributed by atoms with Gasteiger partial charge in [-0.2, -0.15) is 0 Å². The van der Waals surface area contributed by atoms with Gasteiger partial charge in [-0.15, -0.1) is 0 Å². The number of carbonyl (C=O) groups excluding carboxylic acids is 2. The van der Waals surface area contributed by atoms with Gasteiger partial charge in [-0.1, -0.05) is 31.4 Å². The Morgan fingerprint density at radius 1 is 1.32 bits per heavy atom. The maximum absolute atomic E-state index is 12.6. The van der Waals surface area contributed by atoms with Crippen LogP contribution in [0, 0.1) is 11.8 Å². The van der Waals surface area contributed by atoms with Crippen molar-refractivity contribution in [1.29, 1.82) is 0 Å². The van der Waals surface area contributed by atoms with Crippen LogP contribution in [0.4, 0.5) is 0 Å². The van der Waals surface area contributed by atoms with E-state index in [-0.39, 0.29) is 18.4 Å². The van der Waals surface area contributed by atoms with Crippen molar-refractivity contribution >= 4 is 11.9 Å². The molecule has 2 aliphatic heterocycles. The largest absolute Gasteiger partial charge is 0.453 e. The Labute approximate surface area is 148 Å². The number of amides is 1. The number of esters is 1. The van der Waals surface area contributed by atoms with Crippen LogP contribution in [0.15, 0.2) is 12.2 Å². The first kappa shape index (κ1) is 18.4. The van der Waals surface area contributed by atoms with Crippen molar-refractivity contribution in [3.8, 4) is 0 Å². The van der Waals surface area contributed by atoms with Gasteiger partial charge in [-0.3, -0.25) is 4.79 Å². The van der Waals surface area contributed by atoms with Crippen molar-refractivity contribution in [1.82, 2.24) is 5.32 Å². The summed E-state index contributed by atoms with van der Waals surface area (Å²) in [5.74, 6) is -1.28. The first-order chi connectivity index (χ1) is 12.0. The van der Waals surface area contributed by atoms with E-state index in [1.165, 1.54) is 0 Å². The third-order valence-electron chi connectivity index (χ3n) is 6.25. The normalized spacial score (nSPS) is 37.9. The van der Waals surface area contributed by atoms with Crippen LogP contribution in [0.5, 0.6) is 0 Å². The summed E-state index contributed by atoms with van der Waals surface area (Å²) >= 11 is 0. The maximum Gasteiger partial charge on any atom is 0.339 e. The van der Waals surface area contributed by atoms with Crippen molar-refractivity contribution < 1.29 is 24.5 Å². The third kappa shape index (κ3) is 2.79. The Bertz CT molecular complexity index is 562. The van der Waals surface area contributed by atoms with Crippen LogP contribution < -0.4 is 5.32 Å². The molecule has 2 fully saturated rings. The van der Waals surface area contributed by atoms with Gasteiger partial charge in [0.05, 0.1) is 12.0 Å². The lowest BCUT2D eigenvalue weighted by Crippen LogP contribution is -2.80. The second-order valence-electron chi connectivity index (χ2n) is 7.74. The van der Waals surface area contributed by atoms with E-state index < -0.39 is 29.1 Å². The highest BCUT2D eigenvalue weighted by Crippen LogP contribution is 2.53. The molecule has 0 bridgehead atoms. The van der Waals surface area contributed by atoms with Crippen molar-refractivity contribution in [3.63, 3.8) is 0 Å². The van der Waals surface area contributed by atoms with Crippen LogP contribution >= 0.6 is 0 Å². The average molecular weight is 351 g/mol. The molecule has 1 amide bonds. The quantitative estimate of drug-likeness (QED) is 0.349. The summed E-state index contributed by atoms with van der Waals surface area (Å²) in [6.45, 7) is 1.96. The Balaban J connectivity index is 1.73. The van der Waals surface area contributed by atoms with Gasteiger partial charge in [-0.05, 0) is 39.0 Å². The fraction of sp³-hybridized carbons (Fsp3) is 0.789. The number of aliphatic hydroxyl groups excluding tert-OH is 2. The second-order valence-corrected chi connectivity index (χ2v) is 7.74. The molecule has 5 unspecified atom stereocenters.